The number of hydrogen-bond donors (Lipinski definition) is 0. The van der Waals surface area contributed by atoms with Crippen molar-refractivity contribution in [2.24, 2.45) is 0 Å². The van der Waals surface area contributed by atoms with Gasteiger partial charge in [-0.1, -0.05) is 308 Å². The number of hydrogen-bond acceptors (Lipinski definition) is 9. The molecule has 6 aromatic heterocycles. The zero-order chi connectivity index (χ0) is 106. The lowest BCUT2D eigenvalue weighted by atomic mass is 9.68. The molecule has 0 aliphatic carbocycles. The number of pyridine rings is 6. The van der Waals surface area contributed by atoms with Crippen molar-refractivity contribution in [3.63, 3.8) is 0 Å². The minimum atomic E-state index is -0.183. The van der Waals surface area contributed by atoms with E-state index in [0.717, 1.165) is 87.9 Å². The number of benzene rings is 9. The Hall–Kier alpha value is -12.7. The molecule has 780 valence electrons. The number of aromatic nitrogens is 6. The topological polar surface area (TPSA) is 105 Å². The Balaban J connectivity index is 0.000000184. The van der Waals surface area contributed by atoms with E-state index < -0.39 is 0 Å². The molecular weight excluding hydrogens is 1800 g/mol. The van der Waals surface area contributed by atoms with Crippen LogP contribution in [0, 0.1) is 0 Å². The van der Waals surface area contributed by atoms with Crippen LogP contribution in [-0.4, -0.2) is 46.7 Å². The summed E-state index contributed by atoms with van der Waals surface area (Å²) in [6, 6.07) is 118. The van der Waals surface area contributed by atoms with Gasteiger partial charge in [-0.05, 0) is 440 Å². The molecule has 9 aromatic carbocycles. The lowest BCUT2D eigenvalue weighted by molar-refractivity contribution is 0.130. The summed E-state index contributed by atoms with van der Waals surface area (Å²) in [5.74, 6) is 10.5. The Kier molecular flexibility index (Phi) is 48.5. The third-order valence-corrected chi connectivity index (χ3v) is 29.5. The van der Waals surface area contributed by atoms with E-state index in [9.17, 15) is 0 Å². The minimum absolute atomic E-state index is 0.125. The first kappa shape index (κ1) is 117. The predicted molar refractivity (Wildman–Crippen MR) is 628 cm³/mol. The molecule has 15 aromatic rings. The van der Waals surface area contributed by atoms with Crippen LogP contribution >= 0.6 is 0 Å². The van der Waals surface area contributed by atoms with Crippen LogP contribution in [0.4, 0.5) is 0 Å². The van der Waals surface area contributed by atoms with Crippen LogP contribution in [-0.2, 0) is 5.41 Å². The van der Waals surface area contributed by atoms with E-state index in [1.54, 1.807) is 0 Å². The lowest BCUT2D eigenvalue weighted by Gasteiger charge is -2.36. The largest absolute Gasteiger partial charge is 0.488 e. The van der Waals surface area contributed by atoms with E-state index in [4.69, 9.17) is 14.2 Å². The second-order valence-corrected chi connectivity index (χ2v) is 44.5. The summed E-state index contributed by atoms with van der Waals surface area (Å²) in [6.07, 6.45) is 40.1. The van der Waals surface area contributed by atoms with Gasteiger partial charge in [0.25, 0.3) is 0 Å². The maximum absolute atomic E-state index is 6.05. The average Bonchev–Trinajstić information content (AvgIpc) is 0.798. The highest BCUT2D eigenvalue weighted by Gasteiger charge is 2.34. The smallest absolute Gasteiger partial charge is 0.120 e. The van der Waals surface area contributed by atoms with E-state index in [-0.39, 0.29) is 22.2 Å². The average molecular weight is 1980 g/mol. The highest BCUT2D eigenvalue weighted by Crippen LogP contribution is 2.46. The molecule has 9 nitrogen and oxygen atoms in total. The van der Waals surface area contributed by atoms with Crippen molar-refractivity contribution in [2.75, 3.05) is 0 Å². The van der Waals surface area contributed by atoms with Gasteiger partial charge in [0.1, 0.15) is 34.1 Å². The number of nitrogens with zero attached hydrogens (tertiary/aromatic N) is 6. The summed E-state index contributed by atoms with van der Waals surface area (Å²) >= 11 is 0. The monoisotopic (exact) mass is 1980 g/mol. The summed E-state index contributed by atoms with van der Waals surface area (Å²) in [7, 11) is 0. The molecule has 0 saturated carbocycles. The first-order valence-corrected chi connectivity index (χ1v) is 55.4. The fraction of sp³-hybridized carbons (Fsp3) is 0.396. The highest BCUT2D eigenvalue weighted by atomic mass is 16.5. The SMILES string of the molecule is CCC(CC(C)(CC(C)c1ccncc1)c1ccccc1)c1ccccc1.CCC(CC(C)c1ccncc1)c1ccc(OC(C)(C)C)cc1.CCC(CC(C)c1ccncc1)c1ccccc1.CCC(CC(C)c1ccncc1)c1ccccc1.CCC(CC(CC(C)c1ccncc1)c1ccc(OC(C)(C)C)cc1)c1ccccc1.CCC(CC(CC(C)c1ccncc1)c1ccccc1)c1ccc(OC(C)(C)C)cc1. The second-order valence-electron chi connectivity index (χ2n) is 44.5. The molecule has 15 unspecified atom stereocenters. The van der Waals surface area contributed by atoms with E-state index in [0.29, 0.717) is 82.9 Å². The number of ether oxygens (including phenoxy) is 3. The molecule has 15 atom stereocenters. The summed E-state index contributed by atoms with van der Waals surface area (Å²) in [4.78, 5) is 24.8. The van der Waals surface area contributed by atoms with Gasteiger partial charge in [-0.25, -0.2) is 0 Å². The summed E-state index contributed by atoms with van der Waals surface area (Å²) in [5.41, 5.74) is 20.8. The van der Waals surface area contributed by atoms with Gasteiger partial charge in [0.15, 0.2) is 0 Å². The quantitative estimate of drug-likeness (QED) is 0.0370. The molecule has 0 amide bonds. The van der Waals surface area contributed by atoms with Crippen molar-refractivity contribution < 1.29 is 14.2 Å². The van der Waals surface area contributed by atoms with Gasteiger partial charge in [-0.15, -0.1) is 0 Å². The lowest BCUT2D eigenvalue weighted by Crippen LogP contribution is -2.27. The molecule has 0 radical (unpaired) electrons. The van der Waals surface area contributed by atoms with Gasteiger partial charge in [0.2, 0.25) is 0 Å². The zero-order valence-electron chi connectivity index (χ0n) is 93.7. The van der Waals surface area contributed by atoms with E-state index in [2.05, 4.69) is 510 Å². The summed E-state index contributed by atoms with van der Waals surface area (Å²) < 4.78 is 18.0. The van der Waals surface area contributed by atoms with E-state index in [1.807, 2.05) is 74.4 Å². The normalized spacial score (nSPS) is 14.6. The molecule has 0 N–H and O–H groups in total. The first-order valence-electron chi connectivity index (χ1n) is 55.4. The van der Waals surface area contributed by atoms with Gasteiger partial charge in [0.05, 0.1) is 0 Å². The molecule has 0 bridgehead atoms. The summed E-state index contributed by atoms with van der Waals surface area (Å²) in [5, 5.41) is 0. The third kappa shape index (κ3) is 40.4. The molecule has 0 saturated heterocycles. The Morgan fingerprint density at radius 2 is 0.351 bits per heavy atom. The van der Waals surface area contributed by atoms with Crippen LogP contribution in [0.5, 0.6) is 17.2 Å². The third-order valence-electron chi connectivity index (χ3n) is 29.5. The standard InChI is InChI=1S/2C29H37NO.C26H31N.C21H29NO.2C17H21N/c1-6-23(26-12-14-28(15-13-26)31-29(3,4)5)21-27(25-10-8-7-9-11-25)20-22(2)24-16-18-30-19-17-24;1-6-23(25-10-8-7-9-11-25)21-27(20-22(2)24-16-18-30-19-17-24)26-12-14-28(15-13-26)31-29(3,4)5;1-4-22(24-11-7-5-8-12-24)20-26(3,25-13-9-6-10-14-25)19-21(2)23-15-17-27-18-16-23;1-6-17(15-16(2)18-11-13-22-14-12-18)19-7-9-20(10-8-19)23-21(3,4)5;2*1-3-15(17-7-5-4-6-8-17)13-14(2)16-9-11-18-12-10-16/h2*7-19,22-23,27H,6,20-21H2,1-5H3;5-18,21-22H,4,19-20H2,1-3H3;7-14,16-17H,6,15H2,1-5H3;2*4-12,14-15H,3,13H2,1-2H3. The molecule has 0 aliphatic rings. The molecule has 9 heteroatoms. The van der Waals surface area contributed by atoms with Crippen molar-refractivity contribution in [1.29, 1.82) is 0 Å². The van der Waals surface area contributed by atoms with Gasteiger partial charge in [-0.3, -0.25) is 29.9 Å². The molecule has 0 aliphatic heterocycles. The van der Waals surface area contributed by atoms with E-state index >= 15 is 0 Å². The second kappa shape index (κ2) is 61.3. The molecular formula is C139H176N6O3. The van der Waals surface area contributed by atoms with Crippen molar-refractivity contribution in [3.8, 4) is 17.2 Å². The molecule has 6 heterocycles. The van der Waals surface area contributed by atoms with Crippen molar-refractivity contribution in [2.45, 2.75) is 354 Å². The van der Waals surface area contributed by atoms with Gasteiger partial charge < -0.3 is 14.2 Å². The van der Waals surface area contributed by atoms with Crippen LogP contribution < -0.4 is 14.2 Å². The maximum Gasteiger partial charge on any atom is 0.120 e. The van der Waals surface area contributed by atoms with Crippen LogP contribution in [0.2, 0.25) is 0 Å². The predicted octanol–water partition coefficient (Wildman–Crippen LogP) is 38.8. The van der Waals surface area contributed by atoms with Crippen LogP contribution in [0.1, 0.15) is 415 Å². The first-order chi connectivity index (χ1) is 71.3. The number of rotatable bonds is 42. The fourth-order valence-electron chi connectivity index (χ4n) is 21.2. The molecule has 148 heavy (non-hydrogen) atoms. The van der Waals surface area contributed by atoms with Crippen LogP contribution in [0.15, 0.2) is 402 Å². The Labute approximate surface area is 894 Å². The Morgan fingerprint density at radius 3 is 0.568 bits per heavy atom. The minimum Gasteiger partial charge on any atom is -0.488 e. The van der Waals surface area contributed by atoms with Crippen molar-refractivity contribution in [1.82, 2.24) is 29.9 Å². The fourth-order valence-corrected chi connectivity index (χ4v) is 21.2. The van der Waals surface area contributed by atoms with Gasteiger partial charge >= 0.3 is 0 Å². The van der Waals surface area contributed by atoms with Crippen LogP contribution in [0.3, 0.4) is 0 Å². The zero-order valence-corrected chi connectivity index (χ0v) is 93.7. The highest BCUT2D eigenvalue weighted by molar-refractivity contribution is 5.38. The van der Waals surface area contributed by atoms with E-state index in [1.165, 1.54) is 109 Å². The van der Waals surface area contributed by atoms with Gasteiger partial charge in [-0.2, -0.15) is 0 Å². The molecule has 0 fully saturated rings. The van der Waals surface area contributed by atoms with Crippen molar-refractivity contribution >= 4 is 0 Å². The summed E-state index contributed by atoms with van der Waals surface area (Å²) in [6.45, 7) is 48.9. The van der Waals surface area contributed by atoms with Gasteiger partial charge in [0, 0.05) is 74.4 Å². The van der Waals surface area contributed by atoms with Crippen molar-refractivity contribution in [3.05, 3.63) is 485 Å². The molecule has 0 spiro atoms. The van der Waals surface area contributed by atoms with Crippen LogP contribution in [0.25, 0.3) is 0 Å². The Bertz CT molecular complexity index is 5890. The molecule has 15 rings (SSSR count). The maximum atomic E-state index is 6.05. The Morgan fingerprint density at radius 1 is 0.176 bits per heavy atom.